The maximum Gasteiger partial charge on any atom is 0.0462 e. The third kappa shape index (κ3) is 2.37. The summed E-state index contributed by atoms with van der Waals surface area (Å²) in [6.45, 7) is 20.1. The van der Waals surface area contributed by atoms with Gasteiger partial charge in [0.15, 0.2) is 0 Å². The maximum absolute atomic E-state index is 5.00. The molecular formula is C26H35N2-. The SMILES string of the molecule is C=CC(C)(C)c1[nH]c2cccc3c2c1[C@H]1[C@@H]([N-]C)[C@@](C)(C=C)CC[C@@H]1C3(C)C. The van der Waals surface area contributed by atoms with Crippen LogP contribution in [-0.2, 0) is 10.8 Å². The fourth-order valence-electron chi connectivity index (χ4n) is 6.23. The molecule has 2 aliphatic rings. The molecule has 0 spiro atoms. The zero-order valence-corrected chi connectivity index (χ0v) is 18.4. The number of aromatic nitrogens is 1. The van der Waals surface area contributed by atoms with Crippen LogP contribution in [0.5, 0.6) is 0 Å². The van der Waals surface area contributed by atoms with Crippen LogP contribution >= 0.6 is 0 Å². The van der Waals surface area contributed by atoms with Gasteiger partial charge in [0.2, 0.25) is 0 Å². The molecular weight excluding hydrogens is 340 g/mol. The van der Waals surface area contributed by atoms with Gasteiger partial charge >= 0.3 is 0 Å². The van der Waals surface area contributed by atoms with Crippen molar-refractivity contribution < 1.29 is 0 Å². The Kier molecular flexibility index (Phi) is 4.25. The van der Waals surface area contributed by atoms with E-state index in [0.29, 0.717) is 11.8 Å². The predicted octanol–water partition coefficient (Wildman–Crippen LogP) is 6.98. The summed E-state index contributed by atoms with van der Waals surface area (Å²) >= 11 is 0. The van der Waals surface area contributed by atoms with Gasteiger partial charge in [-0.05, 0) is 52.7 Å². The van der Waals surface area contributed by atoms with E-state index < -0.39 is 0 Å². The van der Waals surface area contributed by atoms with Crippen molar-refractivity contribution >= 4 is 10.9 Å². The topological polar surface area (TPSA) is 29.9 Å². The molecule has 0 amide bonds. The molecule has 2 heteroatoms. The monoisotopic (exact) mass is 375 g/mol. The molecule has 0 bridgehead atoms. The van der Waals surface area contributed by atoms with Crippen LogP contribution in [0.2, 0.25) is 0 Å². The van der Waals surface area contributed by atoms with Gasteiger partial charge in [0.05, 0.1) is 0 Å². The van der Waals surface area contributed by atoms with Gasteiger partial charge < -0.3 is 10.3 Å². The second-order valence-electron chi connectivity index (χ2n) is 10.4. The molecule has 0 saturated heterocycles. The van der Waals surface area contributed by atoms with Crippen LogP contribution in [0, 0.1) is 11.3 Å². The van der Waals surface area contributed by atoms with Gasteiger partial charge in [0.25, 0.3) is 0 Å². The molecule has 150 valence electrons. The summed E-state index contributed by atoms with van der Waals surface area (Å²) in [6, 6.07) is 7.03. The third-order valence-electron chi connectivity index (χ3n) is 8.16. The van der Waals surface area contributed by atoms with E-state index in [0.717, 1.165) is 6.42 Å². The molecule has 0 unspecified atom stereocenters. The van der Waals surface area contributed by atoms with Crippen LogP contribution in [0.3, 0.4) is 0 Å². The fraction of sp³-hybridized carbons (Fsp3) is 0.538. The van der Waals surface area contributed by atoms with Gasteiger partial charge in [-0.3, -0.25) is 0 Å². The van der Waals surface area contributed by atoms with Crippen molar-refractivity contribution in [3.05, 3.63) is 65.6 Å². The second kappa shape index (κ2) is 6.10. The van der Waals surface area contributed by atoms with Crippen LogP contribution in [-0.4, -0.2) is 18.1 Å². The minimum atomic E-state index is -0.113. The Labute approximate surface area is 170 Å². The first-order valence-corrected chi connectivity index (χ1v) is 10.6. The minimum absolute atomic E-state index is 0.0392. The highest BCUT2D eigenvalue weighted by Gasteiger charge is 2.51. The number of likely N-dealkylation sites (N-methyl/N-ethyl adjacent to an activating group) is 1. The molecule has 1 N–H and O–H groups in total. The standard InChI is InChI=1S/C26H35N2/c1-9-24(3,4)22-21-19-16(12-11-13-18(19)28-22)25(5,6)17-14-15-26(7,10-2)23(27-8)20(17)21/h9-13,17,20,23,28H,1-2,14-15H2,3-8H3/q-1/t17-,20-,23+,26-/m0/s1. The molecule has 1 heterocycles. The van der Waals surface area contributed by atoms with Crippen molar-refractivity contribution in [1.29, 1.82) is 0 Å². The van der Waals surface area contributed by atoms with E-state index in [2.05, 4.69) is 83.1 Å². The predicted molar refractivity (Wildman–Crippen MR) is 121 cm³/mol. The van der Waals surface area contributed by atoms with Gasteiger partial charge in [0.1, 0.15) is 0 Å². The Hall–Kier alpha value is -1.80. The first kappa shape index (κ1) is 19.5. The molecule has 2 aliphatic carbocycles. The highest BCUT2D eigenvalue weighted by atomic mass is 14.9. The number of allylic oxidation sites excluding steroid dienone is 1. The van der Waals surface area contributed by atoms with E-state index in [4.69, 9.17) is 5.32 Å². The van der Waals surface area contributed by atoms with Crippen LogP contribution in [0.4, 0.5) is 0 Å². The maximum atomic E-state index is 5.00. The van der Waals surface area contributed by atoms with E-state index in [1.165, 1.54) is 34.1 Å². The van der Waals surface area contributed by atoms with Crippen LogP contribution in [0.1, 0.15) is 70.2 Å². The lowest BCUT2D eigenvalue weighted by atomic mass is 9.50. The first-order valence-electron chi connectivity index (χ1n) is 10.6. The fourth-order valence-corrected chi connectivity index (χ4v) is 6.23. The zero-order valence-electron chi connectivity index (χ0n) is 18.4. The van der Waals surface area contributed by atoms with Crippen molar-refractivity contribution in [3.8, 4) is 0 Å². The minimum Gasteiger partial charge on any atom is -0.661 e. The second-order valence-corrected chi connectivity index (χ2v) is 10.4. The summed E-state index contributed by atoms with van der Waals surface area (Å²) in [4.78, 5) is 3.81. The molecule has 4 rings (SSSR count). The number of nitrogens with one attached hydrogen (secondary N) is 1. The van der Waals surface area contributed by atoms with Crippen LogP contribution in [0.25, 0.3) is 16.2 Å². The molecule has 2 aromatic rings. The summed E-state index contributed by atoms with van der Waals surface area (Å²) in [5.41, 5.74) is 5.60. The molecule has 28 heavy (non-hydrogen) atoms. The molecule has 1 fully saturated rings. The van der Waals surface area contributed by atoms with Crippen LogP contribution in [0.15, 0.2) is 43.5 Å². The lowest BCUT2D eigenvalue weighted by Gasteiger charge is -2.60. The number of nitrogens with zero attached hydrogens (tertiary/aromatic N) is 1. The van der Waals surface area contributed by atoms with Crippen molar-refractivity contribution in [2.75, 3.05) is 7.05 Å². The van der Waals surface area contributed by atoms with Gasteiger partial charge in [-0.2, -0.15) is 7.05 Å². The Morgan fingerprint density at radius 2 is 1.93 bits per heavy atom. The normalized spacial score (nSPS) is 31.4. The van der Waals surface area contributed by atoms with Crippen molar-refractivity contribution in [1.82, 2.24) is 4.98 Å². The van der Waals surface area contributed by atoms with Gasteiger partial charge in [0, 0.05) is 22.0 Å². The number of hydrogen-bond donors (Lipinski definition) is 1. The summed E-state index contributed by atoms with van der Waals surface area (Å²) in [6.07, 6.45) is 6.60. The highest BCUT2D eigenvalue weighted by molar-refractivity contribution is 5.91. The van der Waals surface area contributed by atoms with E-state index in [9.17, 15) is 0 Å². The summed E-state index contributed by atoms with van der Waals surface area (Å²) in [7, 11) is 2.00. The van der Waals surface area contributed by atoms with Gasteiger partial charge in [-0.25, -0.2) is 0 Å². The Balaban J connectivity index is 2.11. The highest BCUT2D eigenvalue weighted by Crippen LogP contribution is 2.61. The Morgan fingerprint density at radius 3 is 2.54 bits per heavy atom. The van der Waals surface area contributed by atoms with Gasteiger partial charge in [-0.1, -0.05) is 58.9 Å². The summed E-state index contributed by atoms with van der Waals surface area (Å²) in [5, 5.41) is 6.43. The van der Waals surface area contributed by atoms with Gasteiger partial charge in [-0.15, -0.1) is 19.2 Å². The number of hydrogen-bond acceptors (Lipinski definition) is 0. The van der Waals surface area contributed by atoms with E-state index in [-0.39, 0.29) is 22.3 Å². The molecule has 4 atom stereocenters. The number of H-pyrrole nitrogens is 1. The average Bonchev–Trinajstić information content (AvgIpc) is 3.06. The number of fused-ring (bicyclic) bond motifs is 2. The lowest BCUT2D eigenvalue weighted by molar-refractivity contribution is 0.115. The molecule has 2 nitrogen and oxygen atoms in total. The Bertz CT molecular complexity index is 945. The van der Waals surface area contributed by atoms with Crippen LogP contribution < -0.4 is 0 Å². The molecule has 1 aromatic carbocycles. The average molecular weight is 376 g/mol. The zero-order chi connectivity index (χ0) is 20.5. The largest absolute Gasteiger partial charge is 0.661 e. The number of rotatable bonds is 4. The summed E-state index contributed by atoms with van der Waals surface area (Å²) < 4.78 is 0. The van der Waals surface area contributed by atoms with E-state index in [1.807, 2.05) is 7.05 Å². The first-order chi connectivity index (χ1) is 13.1. The van der Waals surface area contributed by atoms with E-state index in [1.54, 1.807) is 0 Å². The number of benzene rings is 1. The van der Waals surface area contributed by atoms with Crippen molar-refractivity contribution in [3.63, 3.8) is 0 Å². The Morgan fingerprint density at radius 1 is 1.21 bits per heavy atom. The molecule has 1 saturated carbocycles. The smallest absolute Gasteiger partial charge is 0.0462 e. The third-order valence-corrected chi connectivity index (χ3v) is 8.16. The summed E-state index contributed by atoms with van der Waals surface area (Å²) in [5.74, 6) is 0.970. The molecule has 0 radical (unpaired) electrons. The van der Waals surface area contributed by atoms with Crippen molar-refractivity contribution in [2.24, 2.45) is 11.3 Å². The quantitative estimate of drug-likeness (QED) is 0.559. The lowest BCUT2D eigenvalue weighted by Crippen LogP contribution is -2.50. The molecule has 1 aromatic heterocycles. The number of aromatic amines is 1. The van der Waals surface area contributed by atoms with E-state index >= 15 is 0 Å². The molecule has 0 aliphatic heterocycles. The van der Waals surface area contributed by atoms with Crippen molar-refractivity contribution in [2.45, 2.75) is 70.3 Å².